The molecule has 15 rings (SSSR count). The van der Waals surface area contributed by atoms with Crippen molar-refractivity contribution in [3.05, 3.63) is 251 Å². The molecular formula is C100H130B5Br5I2K4N4NaO19PS2. The van der Waals surface area contributed by atoms with Gasteiger partial charge in [-0.25, -0.2) is 9.97 Å². The number of alkyl halides is 6. The molecule has 8 aromatic carbocycles. The normalized spacial score (nSPS) is 16.4. The van der Waals surface area contributed by atoms with Crippen molar-refractivity contribution in [2.24, 2.45) is 0 Å². The summed E-state index contributed by atoms with van der Waals surface area (Å²) in [5.41, 5.74) is 4.94. The van der Waals surface area contributed by atoms with Crippen LogP contribution in [0.25, 0.3) is 20.4 Å². The number of carbonyl (C=O) groups excluding carboxylic acids is 2. The van der Waals surface area contributed by atoms with E-state index in [2.05, 4.69) is 339 Å². The van der Waals surface area contributed by atoms with Crippen LogP contribution in [0.1, 0.15) is 210 Å². The molecule has 2 aromatic heterocycles. The van der Waals surface area contributed by atoms with Crippen LogP contribution >= 0.6 is 133 Å². The van der Waals surface area contributed by atoms with E-state index in [4.69, 9.17) is 91.8 Å². The number of hydrogen-bond acceptors (Lipinski definition) is 25. The van der Waals surface area contributed by atoms with Crippen molar-refractivity contribution in [2.45, 2.75) is 256 Å². The fraction of sp³-hybridized carbons (Fsp3) is 0.420. The Morgan fingerprint density at radius 2 is 0.692 bits per heavy atom. The molecule has 0 aliphatic carbocycles. The minimum atomic E-state index is -0.446. The first-order valence-electron chi connectivity index (χ1n) is 44.6. The number of aliphatic hydroxyl groups is 1. The van der Waals surface area contributed by atoms with Crippen molar-refractivity contribution in [2.75, 3.05) is 11.0 Å². The van der Waals surface area contributed by atoms with Crippen molar-refractivity contribution < 1.29 is 353 Å². The van der Waals surface area contributed by atoms with Crippen molar-refractivity contribution in [1.82, 2.24) is 9.97 Å². The number of carbonyl (C=O) groups is 2. The fourth-order valence-corrected chi connectivity index (χ4v) is 16.6. The monoisotopic (exact) mass is 2670 g/mol. The van der Waals surface area contributed by atoms with Gasteiger partial charge >= 0.3 is 271 Å². The van der Waals surface area contributed by atoms with Gasteiger partial charge in [-0.1, -0.05) is 268 Å². The molecule has 7 heterocycles. The maximum absolute atomic E-state index is 9.00. The number of nitriles is 2. The summed E-state index contributed by atoms with van der Waals surface area (Å²) >= 11 is 21.0. The van der Waals surface area contributed by atoms with E-state index < -0.39 is 7.92 Å². The van der Waals surface area contributed by atoms with Gasteiger partial charge in [-0.15, -0.1) is 22.7 Å². The molecule has 0 saturated carbocycles. The number of rotatable bonds is 19. The second-order valence-electron chi connectivity index (χ2n) is 34.8. The molecule has 10 aromatic rings. The maximum Gasteiger partial charge on any atom is 1.00 e. The molecule has 0 unspecified atom stereocenters. The Morgan fingerprint density at radius 1 is 0.434 bits per heavy atom. The number of halogens is 7. The third-order valence-corrected chi connectivity index (χ3v) is 28.3. The third-order valence-electron chi connectivity index (χ3n) is 22.9. The molecule has 23 nitrogen and oxygen atoms in total. The van der Waals surface area contributed by atoms with Crippen LogP contribution in [0.4, 0.5) is 0 Å². The van der Waals surface area contributed by atoms with Crippen LogP contribution in [0, 0.1) is 22.7 Å². The number of nitrogens with zero attached hydrogens (tertiary/aromatic N) is 4. The van der Waals surface area contributed by atoms with Crippen molar-refractivity contribution >= 4 is 234 Å². The van der Waals surface area contributed by atoms with Crippen molar-refractivity contribution in [1.29, 1.82) is 10.5 Å². The summed E-state index contributed by atoms with van der Waals surface area (Å²) in [6.07, 6.45) is 3.95. The van der Waals surface area contributed by atoms with E-state index in [-0.39, 0.29) is 374 Å². The third kappa shape index (κ3) is 49.3. The predicted octanol–water partition coefficient (Wildman–Crippen LogP) is 3.57. The molecule has 0 bridgehead atoms. The largest absolute Gasteiger partial charge is 1.00 e. The van der Waals surface area contributed by atoms with Gasteiger partial charge in [0.1, 0.15) is 36.9 Å². The zero-order valence-electron chi connectivity index (χ0n) is 90.4. The number of allylic oxidation sites excluding steroid dienone is 1. The second kappa shape index (κ2) is 73.0. The number of benzene rings is 8. The van der Waals surface area contributed by atoms with E-state index in [1.54, 1.807) is 0 Å². The Morgan fingerprint density at radius 3 is 0.951 bits per heavy atom. The first-order chi connectivity index (χ1) is 64.5. The summed E-state index contributed by atoms with van der Waals surface area (Å²) in [4.78, 5) is 30.9. The number of fused-ring (bicyclic) bond motifs is 2. The van der Waals surface area contributed by atoms with Gasteiger partial charge in [0.25, 0.3) is 12.9 Å². The van der Waals surface area contributed by atoms with Gasteiger partial charge in [0.15, 0.2) is 11.1 Å². The minimum Gasteiger partial charge on any atom is -1.00 e. The molecule has 43 heteroatoms. The Balaban J connectivity index is -0.000000522. The van der Waals surface area contributed by atoms with Crippen molar-refractivity contribution in [3.8, 4) is 23.6 Å². The van der Waals surface area contributed by atoms with Gasteiger partial charge in [0.05, 0.1) is 83.1 Å². The zero-order chi connectivity index (χ0) is 103. The number of aliphatic hydroxyl groups excluding tert-OH is 1. The first kappa shape index (κ1) is 149. The fourth-order valence-electron chi connectivity index (χ4n) is 12.1. The molecule has 5 aliphatic rings. The quantitative estimate of drug-likeness (QED) is 0.0230. The molecule has 750 valence electrons. The van der Waals surface area contributed by atoms with Gasteiger partial charge in [-0.2, -0.15) is 10.5 Å². The molecular weight excluding hydrogens is 2540 g/mol. The van der Waals surface area contributed by atoms with E-state index >= 15 is 0 Å². The topological polar surface area (TPSA) is 303 Å². The Hall–Kier alpha value is 2.18. The van der Waals surface area contributed by atoms with Gasteiger partial charge < -0.3 is 108 Å². The molecule has 5 saturated heterocycles. The molecule has 143 heavy (non-hydrogen) atoms. The molecule has 0 amide bonds. The van der Waals surface area contributed by atoms with Gasteiger partial charge in [0.2, 0.25) is 0 Å². The smallest absolute Gasteiger partial charge is 1.00 e. The Kier molecular flexibility index (Phi) is 76.2. The van der Waals surface area contributed by atoms with Gasteiger partial charge in [-0.3, -0.25) is 9.59 Å². The summed E-state index contributed by atoms with van der Waals surface area (Å²) in [6.45, 7) is 53.5. The zero-order valence-corrected chi connectivity index (χ0v) is 118. The molecule has 5 fully saturated rings. The van der Waals surface area contributed by atoms with Crippen molar-refractivity contribution in [3.63, 3.8) is 0 Å². The summed E-state index contributed by atoms with van der Waals surface area (Å²) in [6, 6.07) is 71.8. The van der Waals surface area contributed by atoms with Crippen LogP contribution in [0.3, 0.4) is 0 Å². The Bertz CT molecular complexity index is 5180. The van der Waals surface area contributed by atoms with Gasteiger partial charge in [0, 0.05) is 9.76 Å². The van der Waals surface area contributed by atoms with E-state index in [0.29, 0.717) is 23.2 Å². The molecule has 5 aliphatic heterocycles. The number of ether oxygens (including phenoxy) is 2. The number of aromatic nitrogens is 2. The van der Waals surface area contributed by atoms with E-state index in [1.807, 2.05) is 200 Å². The SMILES string of the molecule is BrC(Br)(Br)Br.CC.CC.CC.CC1(C)OB(/C=C/CI)OC1(C)C.CC1(C)OB(/C=C/COc2ccc3nc(C#N)sc3c2)OC1(C)C.CC1(C)OB(c2ccc(CBr)cc2)OC1(C)C.CC1(C)OB(c2ccc(CO)cc2)OC1(C)C.CC1(C)OB(c2ccc(COc3ccc4nc(C#N)sc4c3)cc2)OC1(C)C.O=CO[O-].O=CO[O-].[H-].[H-].[I-].[K+].[K+].[K+].[K+].[Na+].c1ccc(P(c2ccccc2)c2ccccc2)cc1. The summed E-state index contributed by atoms with van der Waals surface area (Å²) in [5, 5.41) is 49.7. The van der Waals surface area contributed by atoms with Crippen LogP contribution in [0.2, 0.25) is 0 Å². The van der Waals surface area contributed by atoms with E-state index in [0.717, 1.165) is 69.2 Å². The molecule has 0 radical (unpaired) electrons. The Labute approximate surface area is 1130 Å². The average Bonchev–Trinajstić information content (AvgIpc) is 1.63. The average molecular weight is 2670 g/mol. The summed E-state index contributed by atoms with van der Waals surface area (Å²) < 4.78 is 73.6. The number of hydrogen-bond donors (Lipinski definition) is 1. The van der Waals surface area contributed by atoms with Crippen LogP contribution in [-0.4, -0.2) is 132 Å². The van der Waals surface area contributed by atoms with Crippen LogP contribution in [0.5, 0.6) is 11.5 Å². The molecule has 0 spiro atoms. The first-order valence-corrected chi connectivity index (χ1v) is 53.4. The predicted molar refractivity (Wildman–Crippen MR) is 587 cm³/mol. The van der Waals surface area contributed by atoms with Crippen LogP contribution in [-0.2, 0) is 84.5 Å². The summed E-state index contributed by atoms with van der Waals surface area (Å²) in [5.74, 6) is 5.35. The second-order valence-corrected chi connectivity index (χ2v) is 51.7. The molecule has 0 atom stereocenters. The summed E-state index contributed by atoms with van der Waals surface area (Å²) in [7, 11) is -1.93. The minimum absolute atomic E-state index is 0. The van der Waals surface area contributed by atoms with Crippen LogP contribution < -0.4 is 311 Å². The number of thiazole rings is 2. The van der Waals surface area contributed by atoms with E-state index in [9.17, 15) is 0 Å². The standard InChI is InChI=1S/C21H21BN2O3S.C18H15P.C17H19BN2O3S.C13H18BBrO2.C13H19BO3.C9H16BIO2.3C2H6.CBr4.2CH2O3.HI.4K.Na.2H/c1-20(2)21(3,4)27-22(26-20)15-7-5-14(6-8-15)13-25-16-9-10-17-18(11-16)28-19(12-23)24-17;1-4-10-16(11-5-1)19(17-12-6-2-7-13-17)18-14-8-3-9-15-18;1-16(2)17(3,4)23-18(22-16)8-5-9-21-12-6-7-13-14(10-12)24-15(11-19)20-13;2*1-12(2)13(3,4)17-14(16-12)11-7-5-10(9-15)6-8-11;1-8(2)9(3,4)13-10(12-8)6-5-7-11;3*1-2;2-1(3,4)5;2*2-1-4-3;;;;;;;;/h5-11H,13H2,1-4H3;1-15H;5-8,10H,9H2,1-4H3;5-8H,9H2,1-4H3;5-8,15H,9H2,1-4H3;5-6H,7H2,1-4H3;3*1-2H3;;2*1,3H;1H;;;;;;;/q;;;;;;;;;;;;;5*+1;2*-1/p-3/b;;8-5+;;;6-5+;;;;;;;;;;;;;;. The van der Waals surface area contributed by atoms with Crippen LogP contribution in [0.15, 0.2) is 224 Å². The maximum atomic E-state index is 9.00. The van der Waals surface area contributed by atoms with E-state index in [1.165, 1.54) is 44.2 Å². The molecule has 1 N–H and O–H groups in total. The van der Waals surface area contributed by atoms with Gasteiger partial charge in [-0.05, 0) is 296 Å².